The molecule has 0 saturated carbocycles. The Morgan fingerprint density at radius 3 is 2.76 bits per heavy atom. The van der Waals surface area contributed by atoms with Gasteiger partial charge in [-0.05, 0) is 62.6 Å². The summed E-state index contributed by atoms with van der Waals surface area (Å²) in [6.07, 6.45) is 5.42. The molecule has 0 amide bonds. The van der Waals surface area contributed by atoms with Crippen molar-refractivity contribution in [1.82, 2.24) is 9.88 Å². The molecule has 1 aromatic heterocycles. The number of hydrogen-bond acceptors (Lipinski definition) is 6. The molecule has 0 N–H and O–H groups in total. The van der Waals surface area contributed by atoms with Crippen LogP contribution in [0.5, 0.6) is 5.75 Å². The minimum absolute atomic E-state index is 0.136. The molecule has 6 heteroatoms. The first kappa shape index (κ1) is 23.1. The highest BCUT2D eigenvalue weighted by Gasteiger charge is 2.29. The third-order valence-corrected chi connectivity index (χ3v) is 6.20. The number of methoxy groups -OCH3 is 1. The van der Waals surface area contributed by atoms with Crippen LogP contribution in [-0.4, -0.2) is 42.2 Å². The Morgan fingerprint density at radius 2 is 1.97 bits per heavy atom. The lowest BCUT2D eigenvalue weighted by molar-refractivity contribution is -0.148. The first-order chi connectivity index (χ1) is 16.0. The van der Waals surface area contributed by atoms with E-state index in [9.17, 15) is 4.79 Å². The van der Waals surface area contributed by atoms with Crippen LogP contribution in [0.4, 0.5) is 0 Å². The number of nitrogens with zero attached hydrogens (tertiary/aromatic N) is 2. The van der Waals surface area contributed by atoms with Crippen molar-refractivity contribution >= 4 is 5.97 Å². The number of carbonyl (C=O) groups is 1. The smallest absolute Gasteiger partial charge is 0.323 e. The second-order valence-electron chi connectivity index (χ2n) is 8.71. The number of likely N-dealkylation sites (tertiary alicyclic amines) is 1. The molecule has 0 unspecified atom stereocenters. The Morgan fingerprint density at radius 1 is 1.15 bits per heavy atom. The van der Waals surface area contributed by atoms with Gasteiger partial charge in [0.25, 0.3) is 0 Å². The van der Waals surface area contributed by atoms with Crippen molar-refractivity contribution in [3.63, 3.8) is 0 Å². The largest absolute Gasteiger partial charge is 0.493 e. The number of esters is 1. The molecule has 2 heterocycles. The maximum atomic E-state index is 12.1. The van der Waals surface area contributed by atoms with Gasteiger partial charge in [0, 0.05) is 18.5 Å². The van der Waals surface area contributed by atoms with Crippen molar-refractivity contribution in [2.75, 3.05) is 20.3 Å². The highest BCUT2D eigenvalue weighted by Crippen LogP contribution is 2.25. The van der Waals surface area contributed by atoms with Crippen molar-refractivity contribution in [1.29, 1.82) is 0 Å². The minimum atomic E-state index is -0.143. The summed E-state index contributed by atoms with van der Waals surface area (Å²) in [7, 11) is 1.46. The van der Waals surface area contributed by atoms with E-state index >= 15 is 0 Å². The molecule has 1 saturated heterocycles. The van der Waals surface area contributed by atoms with E-state index in [4.69, 9.17) is 13.9 Å². The van der Waals surface area contributed by atoms with Crippen LogP contribution < -0.4 is 4.74 Å². The molecule has 0 bridgehead atoms. The lowest BCUT2D eigenvalue weighted by atomic mass is 10.0. The average Bonchev–Trinajstić information content (AvgIpc) is 3.30. The second kappa shape index (κ2) is 10.7. The third kappa shape index (κ3) is 5.82. The van der Waals surface area contributed by atoms with Crippen molar-refractivity contribution < 1.29 is 18.7 Å². The van der Waals surface area contributed by atoms with Gasteiger partial charge < -0.3 is 13.9 Å². The van der Waals surface area contributed by atoms with E-state index in [1.807, 2.05) is 12.1 Å². The van der Waals surface area contributed by atoms with Gasteiger partial charge in [0.05, 0.1) is 19.4 Å². The number of carbonyl (C=O) groups excluding carboxylic acids is 1. The Labute approximate surface area is 195 Å². The lowest BCUT2D eigenvalue weighted by Crippen LogP contribution is -2.44. The zero-order valence-electron chi connectivity index (χ0n) is 19.7. The van der Waals surface area contributed by atoms with Crippen LogP contribution in [0.25, 0.3) is 11.5 Å². The molecule has 2 aromatic carbocycles. The molecule has 1 fully saturated rings. The van der Waals surface area contributed by atoms with Gasteiger partial charge in [0.2, 0.25) is 5.89 Å². The zero-order valence-corrected chi connectivity index (χ0v) is 19.7. The van der Waals surface area contributed by atoms with E-state index in [2.05, 4.69) is 54.1 Å². The van der Waals surface area contributed by atoms with Crippen molar-refractivity contribution in [2.24, 2.45) is 0 Å². The first-order valence-electron chi connectivity index (χ1n) is 11.6. The summed E-state index contributed by atoms with van der Waals surface area (Å²) in [6.45, 7) is 6.30. The SMILES string of the molecule is COC(=O)[C@H]1CCCCN1Cc1ccc(OCCc2coc(-c3cc(C)ccc3C)n2)cc1. The maximum Gasteiger partial charge on any atom is 0.323 e. The van der Waals surface area contributed by atoms with E-state index < -0.39 is 0 Å². The van der Waals surface area contributed by atoms with Gasteiger partial charge >= 0.3 is 5.97 Å². The number of rotatable bonds is 8. The molecular formula is C27H32N2O4. The molecule has 0 spiro atoms. The summed E-state index contributed by atoms with van der Waals surface area (Å²) in [5.41, 5.74) is 5.39. The topological polar surface area (TPSA) is 64.8 Å². The Kier molecular flexibility index (Phi) is 7.45. The van der Waals surface area contributed by atoms with E-state index in [0.717, 1.165) is 60.5 Å². The van der Waals surface area contributed by atoms with E-state index in [1.165, 1.54) is 12.7 Å². The van der Waals surface area contributed by atoms with Gasteiger partial charge in [-0.15, -0.1) is 0 Å². The van der Waals surface area contributed by atoms with E-state index in [0.29, 0.717) is 18.9 Å². The fraction of sp³-hybridized carbons (Fsp3) is 0.407. The molecule has 174 valence electrons. The van der Waals surface area contributed by atoms with Gasteiger partial charge in [-0.2, -0.15) is 0 Å². The number of hydrogen-bond donors (Lipinski definition) is 0. The fourth-order valence-electron chi connectivity index (χ4n) is 4.29. The quantitative estimate of drug-likeness (QED) is 0.446. The monoisotopic (exact) mass is 448 g/mol. The molecule has 1 atom stereocenters. The van der Waals surface area contributed by atoms with Gasteiger partial charge in [-0.1, -0.05) is 36.2 Å². The lowest BCUT2D eigenvalue weighted by Gasteiger charge is -2.33. The van der Waals surface area contributed by atoms with E-state index in [1.54, 1.807) is 6.26 Å². The average molecular weight is 449 g/mol. The molecule has 4 rings (SSSR count). The molecule has 33 heavy (non-hydrogen) atoms. The zero-order chi connectivity index (χ0) is 23.2. The van der Waals surface area contributed by atoms with E-state index in [-0.39, 0.29) is 12.0 Å². The number of oxazole rings is 1. The summed E-state index contributed by atoms with van der Waals surface area (Å²) in [4.78, 5) is 18.9. The number of ether oxygens (including phenoxy) is 2. The fourth-order valence-corrected chi connectivity index (χ4v) is 4.29. The molecule has 0 aliphatic carbocycles. The highest BCUT2D eigenvalue weighted by molar-refractivity contribution is 5.75. The van der Waals surface area contributed by atoms with Crippen LogP contribution in [0.3, 0.4) is 0 Å². The molecule has 1 aliphatic rings. The molecular weight excluding hydrogens is 416 g/mol. The highest BCUT2D eigenvalue weighted by atomic mass is 16.5. The summed E-state index contributed by atoms with van der Waals surface area (Å²) in [5, 5.41) is 0. The van der Waals surface area contributed by atoms with Crippen molar-refractivity contribution in [2.45, 2.75) is 52.1 Å². The normalized spacial score (nSPS) is 16.5. The molecule has 0 radical (unpaired) electrons. The molecule has 3 aromatic rings. The summed E-state index contributed by atoms with van der Waals surface area (Å²) in [6, 6.07) is 14.2. The third-order valence-electron chi connectivity index (χ3n) is 6.20. The van der Waals surface area contributed by atoms with Gasteiger partial charge in [0.1, 0.15) is 18.1 Å². The second-order valence-corrected chi connectivity index (χ2v) is 8.71. The van der Waals surface area contributed by atoms with Gasteiger partial charge in [0.15, 0.2) is 0 Å². The Balaban J connectivity index is 1.29. The van der Waals surface area contributed by atoms with Crippen LogP contribution in [0.2, 0.25) is 0 Å². The van der Waals surface area contributed by atoms with Crippen molar-refractivity contribution in [3.05, 3.63) is 71.1 Å². The minimum Gasteiger partial charge on any atom is -0.493 e. The van der Waals surface area contributed by atoms with Gasteiger partial charge in [-0.25, -0.2) is 4.98 Å². The number of benzene rings is 2. The predicted molar refractivity (Wildman–Crippen MR) is 127 cm³/mol. The van der Waals surface area contributed by atoms with Crippen LogP contribution in [0.15, 0.2) is 53.1 Å². The van der Waals surface area contributed by atoms with Gasteiger partial charge in [-0.3, -0.25) is 9.69 Å². The molecule has 6 nitrogen and oxygen atoms in total. The summed E-state index contributed by atoms with van der Waals surface area (Å²) in [5.74, 6) is 1.34. The Bertz CT molecular complexity index is 1070. The summed E-state index contributed by atoms with van der Waals surface area (Å²) >= 11 is 0. The predicted octanol–water partition coefficient (Wildman–Crippen LogP) is 5.11. The summed E-state index contributed by atoms with van der Waals surface area (Å²) < 4.78 is 16.6. The maximum absolute atomic E-state index is 12.1. The van der Waals surface area contributed by atoms with Crippen LogP contribution in [-0.2, 0) is 22.5 Å². The first-order valence-corrected chi connectivity index (χ1v) is 11.6. The van der Waals surface area contributed by atoms with Crippen LogP contribution >= 0.6 is 0 Å². The number of aryl methyl sites for hydroxylation is 2. The van der Waals surface area contributed by atoms with Crippen molar-refractivity contribution in [3.8, 4) is 17.2 Å². The number of aromatic nitrogens is 1. The van der Waals surface area contributed by atoms with Crippen LogP contribution in [0, 0.1) is 13.8 Å². The Hall–Kier alpha value is -3.12. The molecule has 1 aliphatic heterocycles. The number of piperidine rings is 1. The standard InChI is InChI=1S/C27H32N2O4/c1-19-7-8-20(2)24(16-19)26-28-22(18-33-26)13-15-32-23-11-9-21(10-12-23)17-29-14-5-4-6-25(29)27(30)31-3/h7-12,16,18,25H,4-6,13-15,17H2,1-3H3/t25-/m1/s1. The van der Waals surface area contributed by atoms with Crippen LogP contribution in [0.1, 0.15) is 41.6 Å².